The van der Waals surface area contributed by atoms with Crippen LogP contribution in [-0.2, 0) is 0 Å². The Kier molecular flexibility index (Phi) is 6.29. The van der Waals surface area contributed by atoms with Gasteiger partial charge in [0.25, 0.3) is 0 Å². The van der Waals surface area contributed by atoms with Crippen LogP contribution in [-0.4, -0.2) is 11.6 Å². The average Bonchev–Trinajstić information content (AvgIpc) is 2.40. The number of ketones is 2. The van der Waals surface area contributed by atoms with E-state index < -0.39 is 0 Å². The van der Waals surface area contributed by atoms with Crippen molar-refractivity contribution in [3.05, 3.63) is 71.8 Å². The number of carbonyl (C=O) groups is 2. The van der Waals surface area contributed by atoms with Crippen LogP contribution < -0.4 is 0 Å². The van der Waals surface area contributed by atoms with Crippen molar-refractivity contribution in [3.63, 3.8) is 0 Å². The number of Topliss-reactive ketones (excluding diaryl/α,β-unsaturated/α-hetero) is 2. The fraction of sp³-hybridized carbons (Fsp3) is 0.0667. The molecule has 93 valence electrons. The third-order valence-corrected chi connectivity index (χ3v) is 2.51. The number of rotatable bonds is 4. The Labute approximate surface area is 137 Å². The Balaban J connectivity index is 0.00000162. The number of hydrogen-bond donors (Lipinski definition) is 0. The molecule has 0 aliphatic carbocycles. The van der Waals surface area contributed by atoms with Gasteiger partial charge < -0.3 is 0 Å². The van der Waals surface area contributed by atoms with Gasteiger partial charge in [0.1, 0.15) is 0 Å². The molecular weight excluding hydrogens is 371 g/mol. The van der Waals surface area contributed by atoms with Crippen LogP contribution in [0.1, 0.15) is 27.1 Å². The summed E-state index contributed by atoms with van der Waals surface area (Å²) in [6.07, 6.45) is -0.0754. The standard InChI is InChI=1S/C15H12O2.Tb/c16-14(12-7-3-1-4-8-12)11-15(17)13-9-5-2-6-10-13;/h1-10H,11H2;. The van der Waals surface area contributed by atoms with E-state index in [0.717, 1.165) is 0 Å². The van der Waals surface area contributed by atoms with Gasteiger partial charge in [0.15, 0.2) is 11.6 Å². The fourth-order valence-corrected chi connectivity index (χ4v) is 1.60. The molecule has 0 fully saturated rings. The van der Waals surface area contributed by atoms with E-state index in [4.69, 9.17) is 0 Å². The van der Waals surface area contributed by atoms with Crippen LogP contribution in [0.3, 0.4) is 0 Å². The van der Waals surface area contributed by atoms with Gasteiger partial charge in [-0.25, -0.2) is 0 Å². The summed E-state index contributed by atoms with van der Waals surface area (Å²) in [7, 11) is 0. The maximum absolute atomic E-state index is 11.8. The van der Waals surface area contributed by atoms with Gasteiger partial charge in [0, 0.05) is 49.7 Å². The fourth-order valence-electron chi connectivity index (χ4n) is 1.60. The average molecular weight is 383 g/mol. The van der Waals surface area contributed by atoms with Crippen LogP contribution in [0.5, 0.6) is 0 Å². The monoisotopic (exact) mass is 383 g/mol. The van der Waals surface area contributed by atoms with Crippen molar-refractivity contribution in [2.75, 3.05) is 0 Å². The van der Waals surface area contributed by atoms with Crippen molar-refractivity contribution >= 4 is 11.6 Å². The quantitative estimate of drug-likeness (QED) is 0.601. The van der Waals surface area contributed by atoms with E-state index in [1.54, 1.807) is 48.5 Å². The summed E-state index contributed by atoms with van der Waals surface area (Å²) in [4.78, 5) is 23.6. The molecule has 2 rings (SSSR count). The first-order chi connectivity index (χ1) is 8.27. The molecule has 3 heteroatoms. The Bertz CT molecular complexity index is 471. The van der Waals surface area contributed by atoms with Crippen LogP contribution in [0.15, 0.2) is 60.7 Å². The van der Waals surface area contributed by atoms with E-state index in [1.807, 2.05) is 12.1 Å². The predicted octanol–water partition coefficient (Wildman–Crippen LogP) is 3.14. The van der Waals surface area contributed by atoms with Gasteiger partial charge in [-0.1, -0.05) is 60.7 Å². The van der Waals surface area contributed by atoms with Crippen molar-refractivity contribution in [2.24, 2.45) is 0 Å². The molecule has 2 aromatic rings. The third-order valence-electron chi connectivity index (χ3n) is 2.51. The Morgan fingerprint density at radius 2 is 1.00 bits per heavy atom. The van der Waals surface area contributed by atoms with Gasteiger partial charge >= 0.3 is 0 Å². The molecule has 0 unspecified atom stereocenters. The minimum atomic E-state index is -0.139. The van der Waals surface area contributed by atoms with Gasteiger partial charge in [-0.05, 0) is 0 Å². The van der Waals surface area contributed by atoms with E-state index in [9.17, 15) is 9.59 Å². The first kappa shape index (κ1) is 15.1. The van der Waals surface area contributed by atoms with E-state index >= 15 is 0 Å². The second-order valence-electron chi connectivity index (χ2n) is 3.76. The van der Waals surface area contributed by atoms with Gasteiger partial charge in [-0.15, -0.1) is 0 Å². The summed E-state index contributed by atoms with van der Waals surface area (Å²) >= 11 is 0. The summed E-state index contributed by atoms with van der Waals surface area (Å²) in [6, 6.07) is 17.7. The topological polar surface area (TPSA) is 34.1 Å². The molecular formula is C15H12O2Tb. The summed E-state index contributed by atoms with van der Waals surface area (Å²) < 4.78 is 0. The molecule has 0 atom stereocenters. The summed E-state index contributed by atoms with van der Waals surface area (Å²) in [5.74, 6) is -0.279. The van der Waals surface area contributed by atoms with Crippen LogP contribution >= 0.6 is 0 Å². The zero-order valence-corrected chi connectivity index (χ0v) is 11.8. The van der Waals surface area contributed by atoms with E-state index in [1.165, 1.54) is 0 Å². The Morgan fingerprint density at radius 1 is 0.667 bits per heavy atom. The second-order valence-corrected chi connectivity index (χ2v) is 3.76. The molecule has 0 saturated heterocycles. The number of carbonyl (C=O) groups excluding carboxylic acids is 2. The van der Waals surface area contributed by atoms with Crippen LogP contribution in [0.4, 0.5) is 0 Å². The van der Waals surface area contributed by atoms with Crippen molar-refractivity contribution in [3.8, 4) is 0 Å². The zero-order valence-electron chi connectivity index (χ0n) is 9.63. The van der Waals surface area contributed by atoms with E-state index in [2.05, 4.69) is 0 Å². The molecule has 0 aromatic heterocycles. The summed E-state index contributed by atoms with van der Waals surface area (Å²) in [5.41, 5.74) is 1.16. The van der Waals surface area contributed by atoms with Crippen molar-refractivity contribution in [1.29, 1.82) is 0 Å². The Morgan fingerprint density at radius 3 is 1.33 bits per heavy atom. The summed E-state index contributed by atoms with van der Waals surface area (Å²) in [6.45, 7) is 0. The summed E-state index contributed by atoms with van der Waals surface area (Å²) in [5, 5.41) is 0. The molecule has 2 aromatic carbocycles. The van der Waals surface area contributed by atoms with Crippen LogP contribution in [0.2, 0.25) is 0 Å². The minimum Gasteiger partial charge on any atom is -0.294 e. The van der Waals surface area contributed by atoms with Crippen LogP contribution in [0, 0.1) is 38.6 Å². The molecule has 0 bridgehead atoms. The molecule has 0 amide bonds. The van der Waals surface area contributed by atoms with Crippen LogP contribution in [0.25, 0.3) is 0 Å². The first-order valence-electron chi connectivity index (χ1n) is 5.44. The van der Waals surface area contributed by atoms with Crippen molar-refractivity contribution < 1.29 is 48.2 Å². The maximum atomic E-state index is 11.8. The molecule has 0 saturated carbocycles. The molecule has 0 heterocycles. The molecule has 0 aliphatic heterocycles. The number of hydrogen-bond acceptors (Lipinski definition) is 2. The van der Waals surface area contributed by atoms with Gasteiger partial charge in [-0.2, -0.15) is 0 Å². The minimum absolute atomic E-state index is 0. The van der Waals surface area contributed by atoms with E-state index in [-0.39, 0.29) is 56.6 Å². The SMILES string of the molecule is O=C(CC(=O)c1ccccc1)c1ccccc1.[Tb]. The van der Waals surface area contributed by atoms with Gasteiger partial charge in [0.2, 0.25) is 0 Å². The van der Waals surface area contributed by atoms with Gasteiger partial charge in [-0.3, -0.25) is 9.59 Å². The molecule has 1 radical (unpaired) electrons. The van der Waals surface area contributed by atoms with Gasteiger partial charge in [0.05, 0.1) is 6.42 Å². The zero-order chi connectivity index (χ0) is 12.1. The number of benzene rings is 2. The molecule has 0 aliphatic rings. The first-order valence-corrected chi connectivity index (χ1v) is 5.44. The molecule has 18 heavy (non-hydrogen) atoms. The molecule has 0 spiro atoms. The predicted molar refractivity (Wildman–Crippen MR) is 66.2 cm³/mol. The smallest absolute Gasteiger partial charge is 0.170 e. The van der Waals surface area contributed by atoms with E-state index in [0.29, 0.717) is 11.1 Å². The van der Waals surface area contributed by atoms with Crippen molar-refractivity contribution in [2.45, 2.75) is 6.42 Å². The molecule has 2 nitrogen and oxygen atoms in total. The second kappa shape index (κ2) is 7.49. The third kappa shape index (κ3) is 4.07. The van der Waals surface area contributed by atoms with Crippen molar-refractivity contribution in [1.82, 2.24) is 0 Å². The molecule has 0 N–H and O–H groups in total. The maximum Gasteiger partial charge on any atom is 0.170 e. The normalized spacial score (nSPS) is 9.33. The largest absolute Gasteiger partial charge is 0.294 e. The Hall–Kier alpha value is -0.934.